The quantitative estimate of drug-likeness (QED) is 0.507. The van der Waals surface area contributed by atoms with Gasteiger partial charge < -0.3 is 4.74 Å². The van der Waals surface area contributed by atoms with Gasteiger partial charge in [-0.3, -0.25) is 9.69 Å². The zero-order valence-corrected chi connectivity index (χ0v) is 18.5. The summed E-state index contributed by atoms with van der Waals surface area (Å²) >= 11 is 0. The molecular weight excluding hydrogens is 396 g/mol. The average Bonchev–Trinajstić information content (AvgIpc) is 3.14. The van der Waals surface area contributed by atoms with E-state index in [0.717, 1.165) is 64.1 Å². The first kappa shape index (κ1) is 19.7. The van der Waals surface area contributed by atoms with Gasteiger partial charge in [0, 0.05) is 16.7 Å². The Hall–Kier alpha value is -2.95. The molecule has 0 amide bonds. The van der Waals surface area contributed by atoms with Crippen molar-refractivity contribution in [1.29, 1.82) is 0 Å². The van der Waals surface area contributed by atoms with Gasteiger partial charge in [-0.1, -0.05) is 61.0 Å². The Kier molecular flexibility index (Phi) is 4.85. The summed E-state index contributed by atoms with van der Waals surface area (Å²) in [6.45, 7) is 5.86. The van der Waals surface area contributed by atoms with Crippen LogP contribution in [0.15, 0.2) is 66.2 Å². The Morgan fingerprint density at radius 2 is 1.75 bits per heavy atom. The second kappa shape index (κ2) is 7.88. The van der Waals surface area contributed by atoms with Gasteiger partial charge in [0.2, 0.25) is 0 Å². The van der Waals surface area contributed by atoms with Crippen LogP contribution in [0.25, 0.3) is 16.3 Å². The van der Waals surface area contributed by atoms with Crippen molar-refractivity contribution in [2.24, 2.45) is 0 Å². The second-order valence-electron chi connectivity index (χ2n) is 9.22. The summed E-state index contributed by atoms with van der Waals surface area (Å²) < 4.78 is 6.18. The summed E-state index contributed by atoms with van der Waals surface area (Å²) in [5.41, 5.74) is 4.96. The van der Waals surface area contributed by atoms with E-state index in [0.29, 0.717) is 6.73 Å². The van der Waals surface area contributed by atoms with Gasteiger partial charge in [-0.2, -0.15) is 0 Å². The fraction of sp³-hybridized carbons (Fsp3) is 0.321. The molecule has 2 heterocycles. The van der Waals surface area contributed by atoms with Crippen molar-refractivity contribution >= 4 is 22.1 Å². The number of ketones is 1. The zero-order valence-electron chi connectivity index (χ0n) is 18.5. The zero-order chi connectivity index (χ0) is 21.7. The topological polar surface area (TPSA) is 32.8 Å². The molecule has 1 atom stereocenters. The van der Waals surface area contributed by atoms with Crippen molar-refractivity contribution in [3.63, 3.8) is 0 Å². The van der Waals surface area contributed by atoms with Gasteiger partial charge in [-0.05, 0) is 60.8 Å². The molecule has 0 bridgehead atoms. The van der Waals surface area contributed by atoms with Crippen LogP contribution in [0, 0.1) is 0 Å². The molecule has 1 aliphatic carbocycles. The Balaban J connectivity index is 1.44. The van der Waals surface area contributed by atoms with Crippen LogP contribution in [-0.4, -0.2) is 42.1 Å². The number of Topliss-reactive ketones (excluding diaryl/α,β-unsaturated/α-hetero) is 1. The van der Waals surface area contributed by atoms with E-state index in [1.807, 2.05) is 42.5 Å². The van der Waals surface area contributed by atoms with Crippen molar-refractivity contribution in [2.45, 2.75) is 32.2 Å². The largest absolute Gasteiger partial charge is 0.478 e. The fourth-order valence-electron chi connectivity index (χ4n) is 5.76. The van der Waals surface area contributed by atoms with Crippen LogP contribution in [0.5, 0.6) is 5.75 Å². The van der Waals surface area contributed by atoms with Gasteiger partial charge in [0.1, 0.15) is 12.5 Å². The molecule has 1 fully saturated rings. The predicted octanol–water partition coefficient (Wildman–Crippen LogP) is 5.65. The number of carbonyl (C=O) groups is 1. The number of carbonyl (C=O) groups excluding carboxylic acids is 1. The number of likely N-dealkylation sites (tertiary alicyclic amines) is 1. The lowest BCUT2D eigenvalue weighted by Crippen LogP contribution is -2.45. The van der Waals surface area contributed by atoms with Crippen LogP contribution in [0.4, 0.5) is 0 Å². The smallest absolute Gasteiger partial charge is 0.194 e. The molecule has 0 aromatic heterocycles. The molecule has 2 aliphatic heterocycles. The minimum absolute atomic E-state index is 0.103. The Morgan fingerprint density at radius 3 is 2.62 bits per heavy atom. The normalized spacial score (nSPS) is 21.0. The van der Waals surface area contributed by atoms with Crippen LogP contribution in [0.1, 0.15) is 53.7 Å². The number of fused-ring (bicyclic) bond motifs is 1. The molecule has 0 saturated carbocycles. The summed E-state index contributed by atoms with van der Waals surface area (Å²) in [6, 6.07) is 20.4. The number of benzene rings is 3. The van der Waals surface area contributed by atoms with Gasteiger partial charge in [-0.25, -0.2) is 4.90 Å². The molecule has 3 aliphatic rings. The Bertz CT molecular complexity index is 1230. The predicted molar refractivity (Wildman–Crippen MR) is 128 cm³/mol. The molecule has 1 unspecified atom stereocenters. The van der Waals surface area contributed by atoms with Crippen LogP contribution in [0.2, 0.25) is 0 Å². The minimum Gasteiger partial charge on any atom is -0.478 e. The standard InChI is InChI=1S/C28H28N2O2/c1-19-25(28(31)22-12-7-10-20-9-3-4-11-21(20)22)23-13-8-14-24-26(23)27(19)30(18-32-24)17-29-15-5-2-6-16-29/h3-4,7-14,27H,2,5-6,15-18H2,1H3. The lowest BCUT2D eigenvalue weighted by Gasteiger charge is -2.40. The lowest BCUT2D eigenvalue weighted by atomic mass is 9.93. The number of hydrogen-bond donors (Lipinski definition) is 0. The molecule has 6 rings (SSSR count). The van der Waals surface area contributed by atoms with Crippen molar-refractivity contribution in [3.05, 3.63) is 82.9 Å². The number of hydrogen-bond acceptors (Lipinski definition) is 4. The van der Waals surface area contributed by atoms with E-state index in [2.05, 4.69) is 34.9 Å². The highest BCUT2D eigenvalue weighted by Gasteiger charge is 2.41. The van der Waals surface area contributed by atoms with E-state index in [-0.39, 0.29) is 11.8 Å². The molecule has 3 aromatic rings. The van der Waals surface area contributed by atoms with Crippen LogP contribution < -0.4 is 4.74 Å². The molecule has 4 nitrogen and oxygen atoms in total. The third-order valence-electron chi connectivity index (χ3n) is 7.26. The monoisotopic (exact) mass is 424 g/mol. The summed E-state index contributed by atoms with van der Waals surface area (Å²) in [5.74, 6) is 1.03. The van der Waals surface area contributed by atoms with Crippen LogP contribution in [-0.2, 0) is 0 Å². The van der Waals surface area contributed by atoms with Gasteiger partial charge in [0.15, 0.2) is 5.78 Å². The van der Waals surface area contributed by atoms with Crippen molar-refractivity contribution in [3.8, 4) is 5.75 Å². The number of ether oxygens (including phenoxy) is 1. The molecule has 3 aromatic carbocycles. The third kappa shape index (κ3) is 3.09. The highest BCUT2D eigenvalue weighted by Crippen LogP contribution is 2.50. The first-order valence-electron chi connectivity index (χ1n) is 11.7. The Labute approximate surface area is 189 Å². The van der Waals surface area contributed by atoms with E-state index in [1.54, 1.807) is 0 Å². The van der Waals surface area contributed by atoms with Crippen LogP contribution >= 0.6 is 0 Å². The molecule has 1 saturated heterocycles. The number of allylic oxidation sites excluding steroid dienone is 1. The summed E-state index contributed by atoms with van der Waals surface area (Å²) in [5, 5.41) is 2.11. The third-order valence-corrected chi connectivity index (χ3v) is 7.26. The SMILES string of the molecule is CC1=C(C(=O)c2cccc3ccccc23)c2cccc3c2C1N(CN1CCCCC1)CO3. The highest BCUT2D eigenvalue weighted by molar-refractivity contribution is 6.34. The van der Waals surface area contributed by atoms with Gasteiger partial charge in [0.05, 0.1) is 12.7 Å². The van der Waals surface area contributed by atoms with Crippen molar-refractivity contribution in [1.82, 2.24) is 9.80 Å². The van der Waals surface area contributed by atoms with Crippen molar-refractivity contribution < 1.29 is 9.53 Å². The summed E-state index contributed by atoms with van der Waals surface area (Å²) in [4.78, 5) is 18.9. The van der Waals surface area contributed by atoms with Gasteiger partial charge >= 0.3 is 0 Å². The average molecular weight is 425 g/mol. The lowest BCUT2D eigenvalue weighted by molar-refractivity contribution is 0.0155. The Morgan fingerprint density at radius 1 is 0.969 bits per heavy atom. The van der Waals surface area contributed by atoms with Gasteiger partial charge in [-0.15, -0.1) is 0 Å². The van der Waals surface area contributed by atoms with Crippen molar-refractivity contribution in [2.75, 3.05) is 26.5 Å². The van der Waals surface area contributed by atoms with E-state index in [1.165, 1.54) is 19.3 Å². The fourth-order valence-corrected chi connectivity index (χ4v) is 5.76. The highest BCUT2D eigenvalue weighted by atomic mass is 16.5. The van der Waals surface area contributed by atoms with E-state index < -0.39 is 0 Å². The van der Waals surface area contributed by atoms with E-state index in [4.69, 9.17) is 4.74 Å². The summed E-state index contributed by atoms with van der Waals surface area (Å²) in [7, 11) is 0. The van der Waals surface area contributed by atoms with E-state index in [9.17, 15) is 4.79 Å². The maximum absolute atomic E-state index is 14.0. The van der Waals surface area contributed by atoms with Gasteiger partial charge in [0.25, 0.3) is 0 Å². The molecule has 162 valence electrons. The number of piperidine rings is 1. The maximum atomic E-state index is 14.0. The number of nitrogens with zero attached hydrogens (tertiary/aromatic N) is 2. The molecule has 32 heavy (non-hydrogen) atoms. The maximum Gasteiger partial charge on any atom is 0.194 e. The number of rotatable bonds is 4. The molecule has 0 radical (unpaired) electrons. The molecule has 0 N–H and O–H groups in total. The first-order valence-corrected chi connectivity index (χ1v) is 11.7. The molecule has 0 spiro atoms. The molecule has 4 heteroatoms. The second-order valence-corrected chi connectivity index (χ2v) is 9.22. The molecular formula is C28H28N2O2. The van der Waals surface area contributed by atoms with Crippen LogP contribution in [0.3, 0.4) is 0 Å². The van der Waals surface area contributed by atoms with E-state index >= 15 is 0 Å². The minimum atomic E-state index is 0.103. The summed E-state index contributed by atoms with van der Waals surface area (Å²) in [6.07, 6.45) is 3.85. The first-order chi connectivity index (χ1) is 15.7.